The smallest absolute Gasteiger partial charge is 0.0593 e. The van der Waals surface area contributed by atoms with Gasteiger partial charge in [0.15, 0.2) is 0 Å². The van der Waals surface area contributed by atoms with E-state index in [1.54, 1.807) is 0 Å². The number of rotatable bonds is 5. The molecule has 0 fully saturated rings. The van der Waals surface area contributed by atoms with Crippen molar-refractivity contribution >= 4 is 0 Å². The molecule has 0 aliphatic heterocycles. The summed E-state index contributed by atoms with van der Waals surface area (Å²) in [4.78, 5) is 0. The highest BCUT2D eigenvalue weighted by molar-refractivity contribution is 4.94. The first kappa shape index (κ1) is 9.00. The maximum absolute atomic E-state index is 4.26. The van der Waals surface area contributed by atoms with E-state index >= 15 is 0 Å². The summed E-state index contributed by atoms with van der Waals surface area (Å²) < 4.78 is 1.94. The van der Waals surface area contributed by atoms with E-state index in [-0.39, 0.29) is 0 Å². The quantitative estimate of drug-likeness (QED) is 0.520. The Labute approximate surface area is 73.1 Å². The number of aromatic nitrogens is 2. The Balaban J connectivity index is 2.19. The molecule has 1 N–H and O–H groups in total. The normalized spacial score (nSPS) is 10.1. The molecule has 0 radical (unpaired) electrons. The molecule has 1 heterocycles. The molecule has 0 aliphatic rings. The van der Waals surface area contributed by atoms with E-state index in [2.05, 4.69) is 17.0 Å². The number of nitrogens with zero attached hydrogens (tertiary/aromatic N) is 2. The molecule has 0 saturated carbocycles. The number of hydrogen-bond acceptors (Lipinski definition) is 2. The molecule has 3 heteroatoms. The van der Waals surface area contributed by atoms with Crippen LogP contribution in [0.5, 0.6) is 0 Å². The van der Waals surface area contributed by atoms with Crippen LogP contribution in [0.4, 0.5) is 0 Å². The van der Waals surface area contributed by atoms with Gasteiger partial charge < -0.3 is 5.32 Å². The molecule has 0 atom stereocenters. The molecule has 12 heavy (non-hydrogen) atoms. The molecular weight excluding hydrogens is 150 g/mol. The van der Waals surface area contributed by atoms with Gasteiger partial charge in [0.25, 0.3) is 0 Å². The Morgan fingerprint density at radius 1 is 1.75 bits per heavy atom. The van der Waals surface area contributed by atoms with E-state index in [0.29, 0.717) is 0 Å². The van der Waals surface area contributed by atoms with Crippen LogP contribution in [0.1, 0.15) is 5.69 Å². The van der Waals surface area contributed by atoms with Crippen LogP contribution in [0.3, 0.4) is 0 Å². The zero-order valence-electron chi connectivity index (χ0n) is 7.45. The molecule has 3 nitrogen and oxygen atoms in total. The van der Waals surface area contributed by atoms with E-state index in [9.17, 15) is 0 Å². The first-order chi connectivity index (χ1) is 5.83. The zero-order valence-corrected chi connectivity index (χ0v) is 7.45. The molecule has 0 unspecified atom stereocenters. The van der Waals surface area contributed by atoms with Crippen molar-refractivity contribution in [3.8, 4) is 0 Å². The average molecular weight is 165 g/mol. The maximum atomic E-state index is 4.26. The molecule has 0 amide bonds. The Bertz CT molecular complexity index is 240. The van der Waals surface area contributed by atoms with Gasteiger partial charge in [-0.15, -0.1) is 6.58 Å². The lowest BCUT2D eigenvalue weighted by Gasteiger charge is -2.01. The summed E-state index contributed by atoms with van der Waals surface area (Å²) in [5, 5.41) is 7.47. The summed E-state index contributed by atoms with van der Waals surface area (Å²) in [5.74, 6) is 0. The van der Waals surface area contributed by atoms with E-state index < -0.39 is 0 Å². The highest BCUT2D eigenvalue weighted by Crippen LogP contribution is 1.90. The van der Waals surface area contributed by atoms with E-state index in [1.165, 1.54) is 0 Å². The lowest BCUT2D eigenvalue weighted by Crippen LogP contribution is -2.19. The number of nitrogens with one attached hydrogen (secondary N) is 1. The van der Waals surface area contributed by atoms with Crippen LogP contribution in [-0.4, -0.2) is 22.9 Å². The van der Waals surface area contributed by atoms with Gasteiger partial charge in [-0.05, 0) is 13.0 Å². The molecule has 0 aliphatic carbocycles. The van der Waals surface area contributed by atoms with Crippen molar-refractivity contribution in [1.29, 1.82) is 0 Å². The average Bonchev–Trinajstić information content (AvgIpc) is 2.45. The molecule has 1 aromatic rings. The van der Waals surface area contributed by atoms with Gasteiger partial charge in [0.1, 0.15) is 0 Å². The van der Waals surface area contributed by atoms with Crippen molar-refractivity contribution in [2.24, 2.45) is 0 Å². The van der Waals surface area contributed by atoms with Gasteiger partial charge in [-0.25, -0.2) is 0 Å². The van der Waals surface area contributed by atoms with Crippen molar-refractivity contribution in [2.75, 3.05) is 13.1 Å². The SMILES string of the molecule is C=CCNCCn1ccc(C)n1. The standard InChI is InChI=1S/C9H15N3/c1-3-5-10-6-8-12-7-4-9(2)11-12/h3-4,7,10H,1,5-6,8H2,2H3. The summed E-state index contributed by atoms with van der Waals surface area (Å²) in [7, 11) is 0. The minimum atomic E-state index is 0.861. The lowest BCUT2D eigenvalue weighted by atomic mass is 10.5. The van der Waals surface area contributed by atoms with Gasteiger partial charge >= 0.3 is 0 Å². The highest BCUT2D eigenvalue weighted by atomic mass is 15.3. The molecule has 66 valence electrons. The van der Waals surface area contributed by atoms with Gasteiger partial charge in [-0.3, -0.25) is 4.68 Å². The Morgan fingerprint density at radius 3 is 3.17 bits per heavy atom. The van der Waals surface area contributed by atoms with Crippen molar-refractivity contribution in [2.45, 2.75) is 13.5 Å². The molecule has 0 spiro atoms. The predicted molar refractivity (Wildman–Crippen MR) is 50.0 cm³/mol. The molecule has 0 aromatic carbocycles. The first-order valence-corrected chi connectivity index (χ1v) is 4.14. The van der Waals surface area contributed by atoms with E-state index in [4.69, 9.17) is 0 Å². The Kier molecular flexibility index (Phi) is 3.54. The summed E-state index contributed by atoms with van der Waals surface area (Å²) >= 11 is 0. The summed E-state index contributed by atoms with van der Waals surface area (Å²) in [5.41, 5.74) is 1.07. The number of aryl methyl sites for hydroxylation is 1. The minimum absolute atomic E-state index is 0.861. The van der Waals surface area contributed by atoms with Crippen LogP contribution in [-0.2, 0) is 6.54 Å². The summed E-state index contributed by atoms with van der Waals surface area (Å²) in [6.45, 7) is 8.34. The second-order valence-corrected chi connectivity index (χ2v) is 2.71. The van der Waals surface area contributed by atoms with Gasteiger partial charge in [0.05, 0.1) is 12.2 Å². The molecule has 1 rings (SSSR count). The maximum Gasteiger partial charge on any atom is 0.0593 e. The topological polar surface area (TPSA) is 29.9 Å². The fraction of sp³-hybridized carbons (Fsp3) is 0.444. The van der Waals surface area contributed by atoms with Crippen LogP contribution >= 0.6 is 0 Å². The summed E-state index contributed by atoms with van der Waals surface area (Å²) in [6, 6.07) is 2.01. The van der Waals surface area contributed by atoms with Crippen molar-refractivity contribution in [1.82, 2.24) is 15.1 Å². The zero-order chi connectivity index (χ0) is 8.81. The van der Waals surface area contributed by atoms with E-state index in [1.807, 2.05) is 29.9 Å². The van der Waals surface area contributed by atoms with Gasteiger partial charge in [0.2, 0.25) is 0 Å². The molecule has 0 bridgehead atoms. The van der Waals surface area contributed by atoms with Crippen LogP contribution in [0, 0.1) is 6.92 Å². The second-order valence-electron chi connectivity index (χ2n) is 2.71. The third kappa shape index (κ3) is 2.88. The van der Waals surface area contributed by atoms with Gasteiger partial charge in [0, 0.05) is 19.3 Å². The monoisotopic (exact) mass is 165 g/mol. The lowest BCUT2D eigenvalue weighted by molar-refractivity contribution is 0.570. The van der Waals surface area contributed by atoms with Crippen LogP contribution in [0.25, 0.3) is 0 Å². The third-order valence-electron chi connectivity index (χ3n) is 1.58. The van der Waals surface area contributed by atoms with Crippen LogP contribution in [0.2, 0.25) is 0 Å². The van der Waals surface area contributed by atoms with Crippen LogP contribution in [0.15, 0.2) is 24.9 Å². The van der Waals surface area contributed by atoms with Crippen molar-refractivity contribution in [3.63, 3.8) is 0 Å². The minimum Gasteiger partial charge on any atom is -0.311 e. The Morgan fingerprint density at radius 2 is 2.58 bits per heavy atom. The largest absolute Gasteiger partial charge is 0.311 e. The highest BCUT2D eigenvalue weighted by Gasteiger charge is 1.91. The van der Waals surface area contributed by atoms with Crippen LogP contribution < -0.4 is 5.32 Å². The first-order valence-electron chi connectivity index (χ1n) is 4.14. The third-order valence-corrected chi connectivity index (χ3v) is 1.58. The molecule has 1 aromatic heterocycles. The van der Waals surface area contributed by atoms with E-state index in [0.717, 1.165) is 25.3 Å². The van der Waals surface area contributed by atoms with Gasteiger partial charge in [-0.1, -0.05) is 6.08 Å². The van der Waals surface area contributed by atoms with Crippen molar-refractivity contribution in [3.05, 3.63) is 30.6 Å². The Hall–Kier alpha value is -1.09. The second kappa shape index (κ2) is 4.72. The molecule has 0 saturated heterocycles. The fourth-order valence-corrected chi connectivity index (χ4v) is 0.985. The number of hydrogen-bond donors (Lipinski definition) is 1. The predicted octanol–water partition coefficient (Wildman–Crippen LogP) is 0.967. The fourth-order valence-electron chi connectivity index (χ4n) is 0.985. The van der Waals surface area contributed by atoms with Crippen molar-refractivity contribution < 1.29 is 0 Å². The molecular formula is C9H15N3. The summed E-state index contributed by atoms with van der Waals surface area (Å²) in [6.07, 6.45) is 3.85. The van der Waals surface area contributed by atoms with Gasteiger partial charge in [-0.2, -0.15) is 5.10 Å².